The van der Waals surface area contributed by atoms with Gasteiger partial charge in [-0.05, 0) is 6.26 Å². The topological polar surface area (TPSA) is 90.2 Å². The molecule has 0 saturated heterocycles. The number of imidazole rings is 1. The molecule has 11 heteroatoms. The first kappa shape index (κ1) is 23.5. The molecule has 146 valence electrons. The molecule has 0 amide bonds. The molecule has 0 spiro atoms. The second kappa shape index (κ2) is 13.6. The average molecular weight is 466 g/mol. The first-order chi connectivity index (χ1) is 12.7. The molecule has 0 radical (unpaired) electrons. The van der Waals surface area contributed by atoms with Crippen molar-refractivity contribution in [2.24, 2.45) is 20.4 Å². The molecule has 2 N–H and O–H groups in total. The maximum Gasteiger partial charge on any atom is 0.332 e. The SMILES string of the molecule is CS/C([SH2+])=N/N=C/C(=N/N=C(\[SH2+])NCCc1cnc[nH]1)c1ccccc1.[Ni]. The summed E-state index contributed by atoms with van der Waals surface area (Å²) < 4.78 is 0.679. The molecular weight excluding hydrogens is 445 g/mol. The quantitative estimate of drug-likeness (QED) is 0.210. The van der Waals surface area contributed by atoms with Crippen LogP contribution in [0.25, 0.3) is 0 Å². The molecular formula is C16H21N7NiS3+2. The number of H-pyrrole nitrogens is 1. The van der Waals surface area contributed by atoms with Gasteiger partial charge in [0.2, 0.25) is 0 Å². The van der Waals surface area contributed by atoms with Crippen LogP contribution in [0, 0.1) is 0 Å². The summed E-state index contributed by atoms with van der Waals surface area (Å²) in [5.41, 5.74) is 2.54. The summed E-state index contributed by atoms with van der Waals surface area (Å²) in [6, 6.07) is 9.68. The van der Waals surface area contributed by atoms with Gasteiger partial charge in [-0.15, -0.1) is 5.10 Å². The van der Waals surface area contributed by atoms with Gasteiger partial charge < -0.3 is 10.3 Å². The Morgan fingerprint density at radius 2 is 2.00 bits per heavy atom. The number of thioether (sulfide) groups is 1. The average Bonchev–Trinajstić information content (AvgIpc) is 3.18. The van der Waals surface area contributed by atoms with Crippen LogP contribution in [0.15, 0.2) is 63.3 Å². The van der Waals surface area contributed by atoms with E-state index in [9.17, 15) is 0 Å². The second-order valence-electron chi connectivity index (χ2n) is 4.91. The molecule has 0 atom stereocenters. The third-order valence-corrected chi connectivity index (χ3v) is 4.55. The van der Waals surface area contributed by atoms with Crippen LogP contribution in [0.5, 0.6) is 0 Å². The van der Waals surface area contributed by atoms with Crippen LogP contribution in [-0.4, -0.2) is 44.2 Å². The van der Waals surface area contributed by atoms with E-state index in [2.05, 4.69) is 60.9 Å². The third kappa shape index (κ3) is 9.28. The molecule has 27 heavy (non-hydrogen) atoms. The normalized spacial score (nSPS) is 12.9. The zero-order valence-electron chi connectivity index (χ0n) is 14.5. The molecule has 0 aliphatic heterocycles. The van der Waals surface area contributed by atoms with Gasteiger partial charge in [0.15, 0.2) is 0 Å². The van der Waals surface area contributed by atoms with Crippen LogP contribution in [0.4, 0.5) is 0 Å². The number of amidine groups is 1. The van der Waals surface area contributed by atoms with Gasteiger partial charge in [0.1, 0.15) is 5.71 Å². The van der Waals surface area contributed by atoms with E-state index in [1.165, 1.54) is 11.8 Å². The van der Waals surface area contributed by atoms with Crippen molar-refractivity contribution in [3.63, 3.8) is 0 Å². The van der Waals surface area contributed by atoms with Crippen molar-refractivity contribution in [3.8, 4) is 0 Å². The number of nitrogens with one attached hydrogen (secondary N) is 2. The predicted molar refractivity (Wildman–Crippen MR) is 120 cm³/mol. The molecule has 1 aromatic heterocycles. The van der Waals surface area contributed by atoms with Gasteiger partial charge in [-0.2, -0.15) is 5.10 Å². The number of aromatic amines is 1. The maximum atomic E-state index is 4.26. The molecule has 0 aliphatic rings. The van der Waals surface area contributed by atoms with E-state index < -0.39 is 0 Å². The summed E-state index contributed by atoms with van der Waals surface area (Å²) in [6.07, 6.45) is 7.73. The van der Waals surface area contributed by atoms with Crippen LogP contribution in [-0.2, 0) is 48.2 Å². The van der Waals surface area contributed by atoms with Crippen molar-refractivity contribution in [3.05, 3.63) is 54.1 Å². The molecule has 0 saturated carbocycles. The monoisotopic (exact) mass is 465 g/mol. The van der Waals surface area contributed by atoms with Crippen molar-refractivity contribution in [1.29, 1.82) is 0 Å². The van der Waals surface area contributed by atoms with Gasteiger partial charge in [0, 0.05) is 72.2 Å². The van der Waals surface area contributed by atoms with Crippen LogP contribution < -0.4 is 5.32 Å². The van der Waals surface area contributed by atoms with Gasteiger partial charge >= 0.3 is 5.17 Å². The molecule has 0 aliphatic carbocycles. The maximum absolute atomic E-state index is 4.26. The van der Waals surface area contributed by atoms with Crippen molar-refractivity contribution < 1.29 is 16.5 Å². The van der Waals surface area contributed by atoms with E-state index in [0.29, 0.717) is 21.8 Å². The van der Waals surface area contributed by atoms with Gasteiger partial charge in [0.05, 0.1) is 12.5 Å². The van der Waals surface area contributed by atoms with Crippen molar-refractivity contribution in [2.75, 3.05) is 12.8 Å². The summed E-state index contributed by atoms with van der Waals surface area (Å²) in [5.74, 6) is 0. The Bertz CT molecular complexity index is 790. The Morgan fingerprint density at radius 1 is 1.22 bits per heavy atom. The zero-order chi connectivity index (χ0) is 18.6. The van der Waals surface area contributed by atoms with E-state index in [-0.39, 0.29) is 16.5 Å². The van der Waals surface area contributed by atoms with Gasteiger partial charge in [-0.1, -0.05) is 52.3 Å². The smallest absolute Gasteiger partial charge is 0.332 e. The van der Waals surface area contributed by atoms with Crippen LogP contribution in [0.2, 0.25) is 0 Å². The largest absolute Gasteiger partial charge is 0.348 e. The third-order valence-electron chi connectivity index (χ3n) is 3.09. The van der Waals surface area contributed by atoms with Gasteiger partial charge in [0.25, 0.3) is 4.38 Å². The standard InChI is InChI=1S/C16H19N7S3.Ni/c1-26-16(25)23-20-10-14(12-5-3-2-4-6-12)21-22-15(24)18-8-7-13-9-17-11-19-13;/h2-6,9-11H,7-8H2,1H3,(H,17,19)(H,23,25)(H2,18,22,24);/p+2/b20-10+,21-14-;. The van der Waals surface area contributed by atoms with Gasteiger partial charge in [-0.3, -0.25) is 0 Å². The summed E-state index contributed by atoms with van der Waals surface area (Å²) in [5, 5.41) is 20.1. The van der Waals surface area contributed by atoms with Crippen LogP contribution >= 0.6 is 11.8 Å². The Balaban J connectivity index is 0.00000364. The van der Waals surface area contributed by atoms with E-state index >= 15 is 0 Å². The van der Waals surface area contributed by atoms with Gasteiger partial charge in [-0.25, -0.2) is 4.98 Å². The number of hydrogen-bond acceptors (Lipinski definition) is 6. The Kier molecular flexibility index (Phi) is 11.8. The van der Waals surface area contributed by atoms with Crippen molar-refractivity contribution in [2.45, 2.75) is 6.42 Å². The Labute approximate surface area is 183 Å². The molecule has 1 aromatic carbocycles. The second-order valence-corrected chi connectivity index (χ2v) is 7.01. The molecule has 1 heterocycles. The van der Waals surface area contributed by atoms with E-state index in [4.69, 9.17) is 0 Å². The Morgan fingerprint density at radius 3 is 2.67 bits per heavy atom. The minimum Gasteiger partial charge on any atom is -0.348 e. The fourth-order valence-corrected chi connectivity index (χ4v) is 2.18. The number of aromatic nitrogens is 2. The van der Waals surface area contributed by atoms with Crippen LogP contribution in [0.1, 0.15) is 11.3 Å². The summed E-state index contributed by atoms with van der Waals surface area (Å²) in [6.45, 7) is 0.694. The molecule has 0 unspecified atom stereocenters. The van der Waals surface area contributed by atoms with E-state index in [1.807, 2.05) is 36.6 Å². The molecule has 0 fully saturated rings. The summed E-state index contributed by atoms with van der Waals surface area (Å²) in [7, 11) is 0. The van der Waals surface area contributed by atoms with E-state index in [0.717, 1.165) is 17.7 Å². The fraction of sp³-hybridized carbons (Fsp3) is 0.188. The zero-order valence-corrected chi connectivity index (χ0v) is 18.3. The number of nitrogens with zero attached hydrogens (tertiary/aromatic N) is 5. The molecule has 0 bridgehead atoms. The summed E-state index contributed by atoms with van der Waals surface area (Å²) >= 11 is 8.23. The number of benzene rings is 1. The minimum atomic E-state index is 0. The number of rotatable bonds is 7. The van der Waals surface area contributed by atoms with Crippen LogP contribution in [0.3, 0.4) is 0 Å². The first-order valence-corrected chi connectivity index (χ1v) is 9.92. The first-order valence-electron chi connectivity index (χ1n) is 7.69. The molecule has 2 rings (SSSR count). The minimum absolute atomic E-state index is 0. The fourth-order valence-electron chi connectivity index (χ4n) is 1.82. The Hall–Kier alpha value is -1.55. The van der Waals surface area contributed by atoms with Crippen molar-refractivity contribution in [1.82, 2.24) is 15.3 Å². The number of hydrogen-bond donors (Lipinski definition) is 2. The summed E-state index contributed by atoms with van der Waals surface area (Å²) in [4.78, 5) is 7.03. The molecule has 7 nitrogen and oxygen atoms in total. The molecule has 2 aromatic rings. The van der Waals surface area contributed by atoms with Crippen molar-refractivity contribution >= 4 is 58.5 Å². The predicted octanol–water partition coefficient (Wildman–Crippen LogP) is 1.03. The van der Waals surface area contributed by atoms with E-state index in [1.54, 1.807) is 18.7 Å².